The number of amides is 1. The standard InChI is InChI=1S/C14H20N2O3S/c1-8(2)6-11-12(20-9(3)15-11)13(17)16-5-4-10(7-16)14(18)19/h8,10H,4-7H2,1-3H3,(H,18,19)/t10-/m1/s1. The quantitative estimate of drug-likeness (QED) is 0.924. The largest absolute Gasteiger partial charge is 0.481 e. The van der Waals surface area contributed by atoms with Crippen molar-refractivity contribution in [3.63, 3.8) is 0 Å². The van der Waals surface area contributed by atoms with Crippen LogP contribution in [-0.2, 0) is 11.2 Å². The van der Waals surface area contributed by atoms with E-state index in [2.05, 4.69) is 18.8 Å². The molecule has 0 unspecified atom stereocenters. The second kappa shape index (κ2) is 5.91. The summed E-state index contributed by atoms with van der Waals surface area (Å²) < 4.78 is 0. The van der Waals surface area contributed by atoms with Crippen LogP contribution in [0.4, 0.5) is 0 Å². The Labute approximate surface area is 122 Å². The number of hydrogen-bond donors (Lipinski definition) is 1. The van der Waals surface area contributed by atoms with E-state index < -0.39 is 11.9 Å². The van der Waals surface area contributed by atoms with Gasteiger partial charge in [0.15, 0.2) is 0 Å². The summed E-state index contributed by atoms with van der Waals surface area (Å²) in [5.74, 6) is -0.867. The highest BCUT2D eigenvalue weighted by molar-refractivity contribution is 7.13. The number of hydrogen-bond acceptors (Lipinski definition) is 4. The molecular formula is C14H20N2O3S. The molecular weight excluding hydrogens is 276 g/mol. The molecule has 1 fully saturated rings. The van der Waals surface area contributed by atoms with Crippen LogP contribution in [0.25, 0.3) is 0 Å². The van der Waals surface area contributed by atoms with Crippen molar-refractivity contribution in [3.05, 3.63) is 15.6 Å². The maximum atomic E-state index is 12.5. The molecule has 1 saturated heterocycles. The number of aromatic nitrogens is 1. The summed E-state index contributed by atoms with van der Waals surface area (Å²) in [6.45, 7) is 6.92. The van der Waals surface area contributed by atoms with Crippen molar-refractivity contribution in [2.45, 2.75) is 33.6 Å². The molecule has 2 heterocycles. The number of likely N-dealkylation sites (tertiary alicyclic amines) is 1. The second-order valence-corrected chi connectivity index (χ2v) is 6.88. The van der Waals surface area contributed by atoms with Crippen LogP contribution < -0.4 is 0 Å². The maximum Gasteiger partial charge on any atom is 0.308 e. The predicted molar refractivity (Wildman–Crippen MR) is 77.0 cm³/mol. The third-order valence-electron chi connectivity index (χ3n) is 3.42. The lowest BCUT2D eigenvalue weighted by atomic mass is 10.1. The van der Waals surface area contributed by atoms with E-state index in [0.29, 0.717) is 30.3 Å². The summed E-state index contributed by atoms with van der Waals surface area (Å²) in [4.78, 5) is 30.3. The van der Waals surface area contributed by atoms with Crippen LogP contribution in [0.2, 0.25) is 0 Å². The summed E-state index contributed by atoms with van der Waals surface area (Å²) in [6, 6.07) is 0. The van der Waals surface area contributed by atoms with E-state index in [1.165, 1.54) is 11.3 Å². The molecule has 1 aromatic heterocycles. The molecule has 110 valence electrons. The number of carboxylic acid groups (broad SMARTS) is 1. The minimum Gasteiger partial charge on any atom is -0.481 e. The average Bonchev–Trinajstić information content (AvgIpc) is 2.94. The Morgan fingerprint density at radius 3 is 2.75 bits per heavy atom. The van der Waals surface area contributed by atoms with Crippen LogP contribution in [0.5, 0.6) is 0 Å². The zero-order valence-electron chi connectivity index (χ0n) is 12.0. The molecule has 1 N–H and O–H groups in total. The number of thiazole rings is 1. The van der Waals surface area contributed by atoms with Gasteiger partial charge in [-0.1, -0.05) is 13.8 Å². The summed E-state index contributed by atoms with van der Waals surface area (Å²) in [5, 5.41) is 9.90. The normalized spacial score (nSPS) is 18.8. The molecule has 6 heteroatoms. The Kier molecular flexibility index (Phi) is 4.42. The molecule has 20 heavy (non-hydrogen) atoms. The summed E-state index contributed by atoms with van der Waals surface area (Å²) in [5.41, 5.74) is 0.853. The lowest BCUT2D eigenvalue weighted by molar-refractivity contribution is -0.141. The summed E-state index contributed by atoms with van der Waals surface area (Å²) >= 11 is 1.41. The van der Waals surface area contributed by atoms with Gasteiger partial charge in [0.2, 0.25) is 0 Å². The minimum absolute atomic E-state index is 0.0602. The van der Waals surface area contributed by atoms with Crippen LogP contribution in [0.1, 0.15) is 40.6 Å². The molecule has 1 amide bonds. The monoisotopic (exact) mass is 296 g/mol. The molecule has 2 rings (SSSR count). The average molecular weight is 296 g/mol. The lowest BCUT2D eigenvalue weighted by Gasteiger charge is -2.15. The molecule has 1 atom stereocenters. The van der Waals surface area contributed by atoms with E-state index >= 15 is 0 Å². The second-order valence-electron chi connectivity index (χ2n) is 5.68. The third kappa shape index (κ3) is 3.17. The smallest absolute Gasteiger partial charge is 0.308 e. The molecule has 0 saturated carbocycles. The predicted octanol–water partition coefficient (Wildman–Crippen LogP) is 2.20. The van der Waals surface area contributed by atoms with Crippen molar-refractivity contribution >= 4 is 23.2 Å². The number of nitrogens with zero attached hydrogens (tertiary/aromatic N) is 2. The van der Waals surface area contributed by atoms with Gasteiger partial charge in [-0.05, 0) is 25.7 Å². The van der Waals surface area contributed by atoms with Gasteiger partial charge >= 0.3 is 5.97 Å². The van der Waals surface area contributed by atoms with Gasteiger partial charge < -0.3 is 10.0 Å². The zero-order chi connectivity index (χ0) is 14.9. The fraction of sp³-hybridized carbons (Fsp3) is 0.643. The van der Waals surface area contributed by atoms with Gasteiger partial charge in [0, 0.05) is 13.1 Å². The first-order chi connectivity index (χ1) is 9.38. The first kappa shape index (κ1) is 15.0. The van der Waals surface area contributed by atoms with E-state index in [1.54, 1.807) is 4.90 Å². The summed E-state index contributed by atoms with van der Waals surface area (Å²) in [6.07, 6.45) is 1.32. The van der Waals surface area contributed by atoms with Crippen molar-refractivity contribution in [2.75, 3.05) is 13.1 Å². The Bertz CT molecular complexity index is 524. The fourth-order valence-electron chi connectivity index (χ4n) is 2.45. The van der Waals surface area contributed by atoms with E-state index in [0.717, 1.165) is 17.1 Å². The van der Waals surface area contributed by atoms with Crippen LogP contribution in [0, 0.1) is 18.8 Å². The number of carbonyl (C=O) groups excluding carboxylic acids is 1. The van der Waals surface area contributed by atoms with Gasteiger partial charge in [-0.15, -0.1) is 11.3 Å². The first-order valence-corrected chi connectivity index (χ1v) is 7.68. The molecule has 1 aromatic rings. The van der Waals surface area contributed by atoms with Gasteiger partial charge in [0.05, 0.1) is 16.6 Å². The molecule has 1 aliphatic heterocycles. The van der Waals surface area contributed by atoms with Gasteiger partial charge in [-0.2, -0.15) is 0 Å². The number of rotatable bonds is 4. The molecule has 5 nitrogen and oxygen atoms in total. The third-order valence-corrected chi connectivity index (χ3v) is 4.43. The Morgan fingerprint density at radius 2 is 2.20 bits per heavy atom. The van der Waals surface area contributed by atoms with Crippen LogP contribution >= 0.6 is 11.3 Å². The minimum atomic E-state index is -0.816. The topological polar surface area (TPSA) is 70.5 Å². The van der Waals surface area contributed by atoms with Crippen LogP contribution in [0.15, 0.2) is 0 Å². The van der Waals surface area contributed by atoms with Crippen LogP contribution in [-0.4, -0.2) is 40.0 Å². The van der Waals surface area contributed by atoms with Crippen LogP contribution in [0.3, 0.4) is 0 Å². The van der Waals surface area contributed by atoms with Gasteiger partial charge in [-0.3, -0.25) is 9.59 Å². The summed E-state index contributed by atoms with van der Waals surface area (Å²) in [7, 11) is 0. The number of carbonyl (C=O) groups is 2. The molecule has 1 aliphatic rings. The van der Waals surface area contributed by atoms with Crippen molar-refractivity contribution in [1.82, 2.24) is 9.88 Å². The number of carboxylic acids is 1. The lowest BCUT2D eigenvalue weighted by Crippen LogP contribution is -2.30. The fourth-order valence-corrected chi connectivity index (χ4v) is 3.37. The van der Waals surface area contributed by atoms with Crippen molar-refractivity contribution in [1.29, 1.82) is 0 Å². The molecule has 0 spiro atoms. The van der Waals surface area contributed by atoms with Crippen molar-refractivity contribution < 1.29 is 14.7 Å². The van der Waals surface area contributed by atoms with Crippen molar-refractivity contribution in [2.24, 2.45) is 11.8 Å². The van der Waals surface area contributed by atoms with Gasteiger partial charge in [-0.25, -0.2) is 4.98 Å². The maximum absolute atomic E-state index is 12.5. The SMILES string of the molecule is Cc1nc(CC(C)C)c(C(=O)N2CC[C@@H](C(=O)O)C2)s1. The van der Waals surface area contributed by atoms with E-state index in [1.807, 2.05) is 6.92 Å². The van der Waals surface area contributed by atoms with E-state index in [9.17, 15) is 9.59 Å². The number of aryl methyl sites for hydroxylation is 1. The first-order valence-electron chi connectivity index (χ1n) is 6.87. The van der Waals surface area contributed by atoms with Crippen molar-refractivity contribution in [3.8, 4) is 0 Å². The Hall–Kier alpha value is -1.43. The van der Waals surface area contributed by atoms with E-state index in [-0.39, 0.29) is 5.91 Å². The number of aliphatic carboxylic acids is 1. The Morgan fingerprint density at radius 1 is 1.50 bits per heavy atom. The molecule has 0 bridgehead atoms. The van der Waals surface area contributed by atoms with Gasteiger partial charge in [0.25, 0.3) is 5.91 Å². The zero-order valence-corrected chi connectivity index (χ0v) is 12.9. The molecule has 0 radical (unpaired) electrons. The highest BCUT2D eigenvalue weighted by Crippen LogP contribution is 2.25. The molecule has 0 aromatic carbocycles. The Balaban J connectivity index is 2.15. The van der Waals surface area contributed by atoms with E-state index in [4.69, 9.17) is 5.11 Å². The highest BCUT2D eigenvalue weighted by atomic mass is 32.1. The highest BCUT2D eigenvalue weighted by Gasteiger charge is 2.33. The molecule has 0 aliphatic carbocycles. The van der Waals surface area contributed by atoms with Gasteiger partial charge in [0.1, 0.15) is 4.88 Å².